The van der Waals surface area contributed by atoms with Crippen molar-refractivity contribution in [3.8, 4) is 17.2 Å². The fourth-order valence-electron chi connectivity index (χ4n) is 3.26. The number of hydrogen-bond donors (Lipinski definition) is 2. The Morgan fingerprint density at radius 3 is 2.50 bits per heavy atom. The van der Waals surface area contributed by atoms with E-state index in [1.807, 2.05) is 36.4 Å². The lowest BCUT2D eigenvalue weighted by Crippen LogP contribution is -2.12. The van der Waals surface area contributed by atoms with Crippen molar-refractivity contribution in [1.29, 1.82) is 0 Å². The SMILES string of the molecule is COc1ccc(Oc2ccc3[nH]c4c(c3c2)CCC/C4=N\N)cc1. The van der Waals surface area contributed by atoms with Crippen LogP contribution in [-0.2, 0) is 6.42 Å². The van der Waals surface area contributed by atoms with E-state index in [0.29, 0.717) is 0 Å². The number of H-pyrrole nitrogens is 1. The van der Waals surface area contributed by atoms with E-state index in [2.05, 4.69) is 16.2 Å². The van der Waals surface area contributed by atoms with Crippen LogP contribution in [-0.4, -0.2) is 17.8 Å². The summed E-state index contributed by atoms with van der Waals surface area (Å²) >= 11 is 0. The molecular weight excluding hydrogens is 302 g/mol. The van der Waals surface area contributed by atoms with E-state index in [0.717, 1.165) is 53.4 Å². The van der Waals surface area contributed by atoms with E-state index >= 15 is 0 Å². The second-order valence-electron chi connectivity index (χ2n) is 5.89. The zero-order valence-corrected chi connectivity index (χ0v) is 13.5. The highest BCUT2D eigenvalue weighted by Gasteiger charge is 2.20. The van der Waals surface area contributed by atoms with Gasteiger partial charge in [0, 0.05) is 10.9 Å². The van der Waals surface area contributed by atoms with Gasteiger partial charge in [0.15, 0.2) is 0 Å². The summed E-state index contributed by atoms with van der Waals surface area (Å²) in [7, 11) is 1.65. The van der Waals surface area contributed by atoms with Crippen LogP contribution in [0.15, 0.2) is 47.6 Å². The van der Waals surface area contributed by atoms with Gasteiger partial charge in [0.2, 0.25) is 0 Å². The molecule has 0 radical (unpaired) electrons. The molecule has 0 spiro atoms. The summed E-state index contributed by atoms with van der Waals surface area (Å²) < 4.78 is 11.1. The summed E-state index contributed by atoms with van der Waals surface area (Å²) in [5.74, 6) is 7.93. The lowest BCUT2D eigenvalue weighted by atomic mass is 9.94. The van der Waals surface area contributed by atoms with Crippen LogP contribution in [0.2, 0.25) is 0 Å². The van der Waals surface area contributed by atoms with Gasteiger partial charge in [0.1, 0.15) is 17.2 Å². The Hall–Kier alpha value is -2.95. The molecule has 4 rings (SSSR count). The number of nitrogens with one attached hydrogen (secondary N) is 1. The van der Waals surface area contributed by atoms with Gasteiger partial charge in [-0.2, -0.15) is 5.10 Å². The van der Waals surface area contributed by atoms with Crippen LogP contribution in [0, 0.1) is 0 Å². The lowest BCUT2D eigenvalue weighted by Gasteiger charge is -2.13. The summed E-state index contributed by atoms with van der Waals surface area (Å²) in [4.78, 5) is 3.44. The zero-order chi connectivity index (χ0) is 16.5. The van der Waals surface area contributed by atoms with E-state index in [-0.39, 0.29) is 0 Å². The van der Waals surface area contributed by atoms with Gasteiger partial charge in [-0.1, -0.05) is 0 Å². The summed E-state index contributed by atoms with van der Waals surface area (Å²) in [5.41, 5.74) is 4.39. The predicted molar refractivity (Wildman–Crippen MR) is 95.0 cm³/mol. The van der Waals surface area contributed by atoms with Crippen molar-refractivity contribution >= 4 is 16.6 Å². The van der Waals surface area contributed by atoms with E-state index in [9.17, 15) is 0 Å². The van der Waals surface area contributed by atoms with Crippen molar-refractivity contribution < 1.29 is 9.47 Å². The minimum absolute atomic E-state index is 0.781. The molecular formula is C19H19N3O2. The van der Waals surface area contributed by atoms with Gasteiger partial charge in [-0.05, 0) is 67.3 Å². The van der Waals surface area contributed by atoms with E-state index in [1.54, 1.807) is 7.11 Å². The monoisotopic (exact) mass is 321 g/mol. The first-order valence-electron chi connectivity index (χ1n) is 8.02. The Balaban J connectivity index is 1.70. The molecule has 0 aliphatic heterocycles. The van der Waals surface area contributed by atoms with Crippen LogP contribution in [0.5, 0.6) is 17.2 Å². The van der Waals surface area contributed by atoms with Gasteiger partial charge in [-0.3, -0.25) is 0 Å². The molecule has 1 heterocycles. The number of benzene rings is 2. The van der Waals surface area contributed by atoms with Crippen molar-refractivity contribution in [3.05, 3.63) is 53.7 Å². The summed E-state index contributed by atoms with van der Waals surface area (Å²) in [6.07, 6.45) is 3.02. The van der Waals surface area contributed by atoms with Crippen molar-refractivity contribution in [2.75, 3.05) is 7.11 Å². The Labute approximate surface area is 140 Å². The highest BCUT2D eigenvalue weighted by atomic mass is 16.5. The van der Waals surface area contributed by atoms with Crippen molar-refractivity contribution in [2.24, 2.45) is 10.9 Å². The van der Waals surface area contributed by atoms with Crippen LogP contribution >= 0.6 is 0 Å². The van der Waals surface area contributed by atoms with E-state index in [4.69, 9.17) is 15.3 Å². The highest BCUT2D eigenvalue weighted by Crippen LogP contribution is 2.33. The number of methoxy groups -OCH3 is 1. The molecule has 0 saturated carbocycles. The molecule has 1 aliphatic carbocycles. The number of ether oxygens (including phenoxy) is 2. The summed E-state index contributed by atoms with van der Waals surface area (Å²) in [5, 5.41) is 5.11. The topological polar surface area (TPSA) is 72.6 Å². The number of aryl methyl sites for hydroxylation is 1. The molecule has 3 N–H and O–H groups in total. The lowest BCUT2D eigenvalue weighted by molar-refractivity contribution is 0.413. The third-order valence-corrected chi connectivity index (χ3v) is 4.46. The van der Waals surface area contributed by atoms with Gasteiger partial charge in [-0.15, -0.1) is 0 Å². The molecule has 1 aliphatic rings. The molecule has 24 heavy (non-hydrogen) atoms. The second-order valence-corrected chi connectivity index (χ2v) is 5.89. The average molecular weight is 321 g/mol. The van der Waals surface area contributed by atoms with Crippen molar-refractivity contribution in [2.45, 2.75) is 19.3 Å². The molecule has 0 atom stereocenters. The number of aromatic nitrogens is 1. The Morgan fingerprint density at radius 1 is 1.00 bits per heavy atom. The maximum absolute atomic E-state index is 5.98. The maximum atomic E-state index is 5.98. The Kier molecular flexibility index (Phi) is 3.61. The molecule has 0 fully saturated rings. The Morgan fingerprint density at radius 2 is 1.75 bits per heavy atom. The molecule has 0 bridgehead atoms. The second kappa shape index (κ2) is 5.92. The van der Waals surface area contributed by atoms with Gasteiger partial charge in [-0.25, -0.2) is 0 Å². The highest BCUT2D eigenvalue weighted by molar-refractivity contribution is 6.06. The number of nitrogens with two attached hydrogens (primary N) is 1. The minimum atomic E-state index is 0.781. The number of rotatable bonds is 3. The van der Waals surface area contributed by atoms with E-state index in [1.165, 1.54) is 10.9 Å². The maximum Gasteiger partial charge on any atom is 0.128 e. The minimum Gasteiger partial charge on any atom is -0.497 e. The molecule has 5 nitrogen and oxygen atoms in total. The van der Waals surface area contributed by atoms with Crippen molar-refractivity contribution in [3.63, 3.8) is 0 Å². The normalized spacial score (nSPS) is 15.5. The first-order chi connectivity index (χ1) is 11.8. The van der Waals surface area contributed by atoms with Crippen LogP contribution in [0.1, 0.15) is 24.1 Å². The van der Waals surface area contributed by atoms with Gasteiger partial charge >= 0.3 is 0 Å². The van der Waals surface area contributed by atoms with Crippen LogP contribution in [0.4, 0.5) is 0 Å². The van der Waals surface area contributed by atoms with Crippen LogP contribution in [0.25, 0.3) is 10.9 Å². The molecule has 122 valence electrons. The quantitative estimate of drug-likeness (QED) is 0.566. The van der Waals surface area contributed by atoms with Crippen LogP contribution < -0.4 is 15.3 Å². The standard InChI is InChI=1S/C19H19N3O2/c1-23-12-5-7-13(8-6-12)24-14-9-10-17-16(11-14)15-3-2-4-18(22-20)19(15)21-17/h5-11,21H,2-4,20H2,1H3/b22-18+. The molecule has 0 amide bonds. The molecule has 0 unspecified atom stereocenters. The molecule has 2 aromatic carbocycles. The van der Waals surface area contributed by atoms with Gasteiger partial charge < -0.3 is 20.3 Å². The summed E-state index contributed by atoms with van der Waals surface area (Å²) in [6, 6.07) is 13.7. The fourth-order valence-corrected chi connectivity index (χ4v) is 3.26. The number of nitrogens with zero attached hydrogens (tertiary/aromatic N) is 1. The molecule has 3 aromatic rings. The Bertz CT molecular complexity index is 910. The predicted octanol–water partition coefficient (Wildman–Crippen LogP) is 3.97. The first-order valence-corrected chi connectivity index (χ1v) is 8.02. The smallest absolute Gasteiger partial charge is 0.128 e. The third-order valence-electron chi connectivity index (χ3n) is 4.46. The van der Waals surface area contributed by atoms with Gasteiger partial charge in [0.25, 0.3) is 0 Å². The largest absolute Gasteiger partial charge is 0.497 e. The first kappa shape index (κ1) is 14.6. The zero-order valence-electron chi connectivity index (χ0n) is 13.5. The van der Waals surface area contributed by atoms with E-state index < -0.39 is 0 Å². The van der Waals surface area contributed by atoms with Crippen molar-refractivity contribution in [1.82, 2.24) is 4.98 Å². The van der Waals surface area contributed by atoms with Crippen LogP contribution in [0.3, 0.4) is 0 Å². The number of hydrazone groups is 1. The number of hydrogen-bond acceptors (Lipinski definition) is 4. The molecule has 1 aromatic heterocycles. The van der Waals surface area contributed by atoms with Gasteiger partial charge in [0.05, 0.1) is 18.5 Å². The molecule has 0 saturated heterocycles. The number of aromatic amines is 1. The average Bonchev–Trinajstić information content (AvgIpc) is 3.00. The third kappa shape index (κ3) is 2.48. The fraction of sp³-hybridized carbons (Fsp3) is 0.211. The number of fused-ring (bicyclic) bond motifs is 3. The summed E-state index contributed by atoms with van der Waals surface area (Å²) in [6.45, 7) is 0. The molecule has 5 heteroatoms.